The molecule has 0 amide bonds. The van der Waals surface area contributed by atoms with Crippen LogP contribution in [0.25, 0.3) is 0 Å². The van der Waals surface area contributed by atoms with Crippen molar-refractivity contribution in [2.24, 2.45) is 0 Å². The molecule has 0 saturated heterocycles. The van der Waals surface area contributed by atoms with E-state index in [-0.39, 0.29) is 0 Å². The smallest absolute Gasteiger partial charge is 0.372 e. The van der Waals surface area contributed by atoms with Crippen molar-refractivity contribution >= 4 is 0 Å². The van der Waals surface area contributed by atoms with Crippen molar-refractivity contribution in [3.05, 3.63) is 65.7 Å². The van der Waals surface area contributed by atoms with Crippen LogP contribution in [0.2, 0.25) is 0 Å². The van der Waals surface area contributed by atoms with Crippen LogP contribution in [-0.4, -0.2) is 16.3 Å². The molecule has 1 N–H and O–H groups in total. The van der Waals surface area contributed by atoms with Gasteiger partial charge in [0.05, 0.1) is 0 Å². The van der Waals surface area contributed by atoms with Crippen LogP contribution in [0.4, 0.5) is 17.6 Å². The van der Waals surface area contributed by atoms with E-state index in [2.05, 4.69) is 4.98 Å². The van der Waals surface area contributed by atoms with Crippen molar-refractivity contribution < 1.29 is 22.7 Å². The second kappa shape index (κ2) is 4.62. The van der Waals surface area contributed by atoms with E-state index in [1.807, 2.05) is 0 Å². The summed E-state index contributed by atoms with van der Waals surface area (Å²) in [5.41, 5.74) is -4.73. The standard InChI is InChI=1S/C13H9F4NO/c14-11-4-2-1-3-10(11)12(19,13(15,16)17)9-5-7-18-8-6-9/h1-8,19H. The third kappa shape index (κ3) is 2.19. The molecule has 1 aromatic carbocycles. The molecule has 0 aliphatic heterocycles. The normalized spacial score (nSPS) is 15.0. The lowest BCUT2D eigenvalue weighted by Gasteiger charge is -2.31. The van der Waals surface area contributed by atoms with Gasteiger partial charge in [0, 0.05) is 23.5 Å². The van der Waals surface area contributed by atoms with Gasteiger partial charge in [-0.15, -0.1) is 0 Å². The van der Waals surface area contributed by atoms with Gasteiger partial charge in [-0.2, -0.15) is 13.2 Å². The van der Waals surface area contributed by atoms with Gasteiger partial charge in [0.2, 0.25) is 5.60 Å². The molecule has 2 rings (SSSR count). The Kier molecular flexibility index (Phi) is 3.28. The van der Waals surface area contributed by atoms with E-state index in [0.717, 1.165) is 36.7 Å². The quantitative estimate of drug-likeness (QED) is 0.852. The fourth-order valence-electron chi connectivity index (χ4n) is 1.82. The first-order valence-electron chi connectivity index (χ1n) is 5.32. The average molecular weight is 271 g/mol. The van der Waals surface area contributed by atoms with Crippen LogP contribution in [0.15, 0.2) is 48.8 Å². The molecule has 0 aliphatic rings. The Balaban J connectivity index is 2.71. The van der Waals surface area contributed by atoms with Crippen LogP contribution in [0, 0.1) is 5.82 Å². The first-order valence-corrected chi connectivity index (χ1v) is 5.32. The van der Waals surface area contributed by atoms with Gasteiger partial charge >= 0.3 is 6.18 Å². The van der Waals surface area contributed by atoms with Gasteiger partial charge in [0.1, 0.15) is 5.82 Å². The zero-order chi connectivity index (χ0) is 14.1. The summed E-state index contributed by atoms with van der Waals surface area (Å²) < 4.78 is 53.3. The van der Waals surface area contributed by atoms with Crippen molar-refractivity contribution in [1.82, 2.24) is 4.98 Å². The Morgan fingerprint density at radius 1 is 0.947 bits per heavy atom. The molecule has 0 bridgehead atoms. The van der Waals surface area contributed by atoms with Crippen LogP contribution in [0.1, 0.15) is 11.1 Å². The zero-order valence-electron chi connectivity index (χ0n) is 9.53. The molecule has 6 heteroatoms. The molecule has 0 saturated carbocycles. The van der Waals surface area contributed by atoms with E-state index in [1.54, 1.807) is 0 Å². The highest BCUT2D eigenvalue weighted by atomic mass is 19.4. The second-order valence-corrected chi connectivity index (χ2v) is 3.92. The Labute approximate surface area is 106 Å². The van der Waals surface area contributed by atoms with Gasteiger partial charge < -0.3 is 5.11 Å². The maximum absolute atomic E-state index is 13.6. The summed E-state index contributed by atoms with van der Waals surface area (Å²) in [5, 5.41) is 10.1. The Morgan fingerprint density at radius 3 is 2.05 bits per heavy atom. The van der Waals surface area contributed by atoms with Crippen LogP contribution >= 0.6 is 0 Å². The summed E-state index contributed by atoms with van der Waals surface area (Å²) in [7, 11) is 0. The first-order chi connectivity index (χ1) is 8.87. The zero-order valence-corrected chi connectivity index (χ0v) is 9.53. The van der Waals surface area contributed by atoms with Crippen molar-refractivity contribution in [2.75, 3.05) is 0 Å². The van der Waals surface area contributed by atoms with Crippen LogP contribution in [0.3, 0.4) is 0 Å². The van der Waals surface area contributed by atoms with E-state index in [1.165, 1.54) is 12.1 Å². The molecule has 1 unspecified atom stereocenters. The Hall–Kier alpha value is -1.95. The van der Waals surface area contributed by atoms with E-state index >= 15 is 0 Å². The SMILES string of the molecule is OC(c1ccncc1)(c1ccccc1F)C(F)(F)F. The van der Waals surface area contributed by atoms with Crippen LogP contribution < -0.4 is 0 Å². The van der Waals surface area contributed by atoms with Crippen molar-refractivity contribution in [2.45, 2.75) is 11.8 Å². The summed E-state index contributed by atoms with van der Waals surface area (Å²) in [4.78, 5) is 3.58. The third-order valence-corrected chi connectivity index (χ3v) is 2.77. The molecule has 0 radical (unpaired) electrons. The van der Waals surface area contributed by atoms with E-state index < -0.39 is 28.7 Å². The summed E-state index contributed by atoms with van der Waals surface area (Å²) >= 11 is 0. The number of hydrogen-bond acceptors (Lipinski definition) is 2. The summed E-state index contributed by atoms with van der Waals surface area (Å²) in [6, 6.07) is 6.26. The monoisotopic (exact) mass is 271 g/mol. The minimum atomic E-state index is -5.06. The highest BCUT2D eigenvalue weighted by molar-refractivity contribution is 5.37. The Morgan fingerprint density at radius 2 is 1.53 bits per heavy atom. The molecule has 1 atom stereocenters. The molecule has 0 aliphatic carbocycles. The largest absolute Gasteiger partial charge is 0.425 e. The van der Waals surface area contributed by atoms with E-state index in [9.17, 15) is 22.7 Å². The molecule has 2 aromatic rings. The molecule has 2 nitrogen and oxygen atoms in total. The lowest BCUT2D eigenvalue weighted by molar-refractivity contribution is -0.249. The van der Waals surface area contributed by atoms with Crippen molar-refractivity contribution in [3.63, 3.8) is 0 Å². The first kappa shape index (κ1) is 13.5. The van der Waals surface area contributed by atoms with Gasteiger partial charge in [0.25, 0.3) is 0 Å². The number of hydrogen-bond donors (Lipinski definition) is 1. The average Bonchev–Trinajstić information content (AvgIpc) is 2.38. The molecule has 0 spiro atoms. The van der Waals surface area contributed by atoms with Crippen LogP contribution in [-0.2, 0) is 5.60 Å². The molecule has 19 heavy (non-hydrogen) atoms. The Bertz CT molecular complexity index is 570. The van der Waals surface area contributed by atoms with Crippen molar-refractivity contribution in [1.29, 1.82) is 0 Å². The number of aromatic nitrogens is 1. The maximum Gasteiger partial charge on any atom is 0.425 e. The second-order valence-electron chi connectivity index (χ2n) is 3.92. The maximum atomic E-state index is 13.6. The minimum Gasteiger partial charge on any atom is -0.372 e. The predicted molar refractivity (Wildman–Crippen MR) is 59.7 cm³/mol. The number of nitrogens with zero attached hydrogens (tertiary/aromatic N) is 1. The fourth-order valence-corrected chi connectivity index (χ4v) is 1.82. The molecule has 100 valence electrons. The highest BCUT2D eigenvalue weighted by Gasteiger charge is 2.57. The minimum absolute atomic E-state index is 0.486. The lowest BCUT2D eigenvalue weighted by atomic mass is 9.86. The third-order valence-electron chi connectivity index (χ3n) is 2.77. The topological polar surface area (TPSA) is 33.1 Å². The van der Waals surface area contributed by atoms with Gasteiger partial charge in [-0.25, -0.2) is 4.39 Å². The summed E-state index contributed by atoms with van der Waals surface area (Å²) in [5.74, 6) is -1.13. The number of benzene rings is 1. The fraction of sp³-hybridized carbons (Fsp3) is 0.154. The van der Waals surface area contributed by atoms with Crippen LogP contribution in [0.5, 0.6) is 0 Å². The predicted octanol–water partition coefficient (Wildman–Crippen LogP) is 3.02. The number of pyridine rings is 1. The van der Waals surface area contributed by atoms with E-state index in [4.69, 9.17) is 0 Å². The van der Waals surface area contributed by atoms with Gasteiger partial charge in [-0.05, 0) is 18.2 Å². The number of halogens is 4. The van der Waals surface area contributed by atoms with Gasteiger partial charge in [-0.3, -0.25) is 4.98 Å². The summed E-state index contributed by atoms with van der Waals surface area (Å²) in [6.45, 7) is 0. The van der Waals surface area contributed by atoms with Crippen molar-refractivity contribution in [3.8, 4) is 0 Å². The highest BCUT2D eigenvalue weighted by Crippen LogP contribution is 2.44. The molecule has 1 aromatic heterocycles. The van der Waals surface area contributed by atoms with E-state index in [0.29, 0.717) is 0 Å². The van der Waals surface area contributed by atoms with Gasteiger partial charge in [0.15, 0.2) is 0 Å². The van der Waals surface area contributed by atoms with Gasteiger partial charge in [-0.1, -0.05) is 18.2 Å². The molecular weight excluding hydrogens is 262 g/mol. The number of alkyl halides is 3. The lowest BCUT2D eigenvalue weighted by Crippen LogP contribution is -2.44. The number of aliphatic hydroxyl groups is 1. The molecule has 1 heterocycles. The molecular formula is C13H9F4NO. The number of rotatable bonds is 2. The summed E-state index contributed by atoms with van der Waals surface area (Å²) in [6.07, 6.45) is -2.85. The molecule has 0 fully saturated rings.